The molecule has 0 aliphatic carbocycles. The van der Waals surface area contributed by atoms with Crippen molar-refractivity contribution in [2.24, 2.45) is 5.16 Å². The van der Waals surface area contributed by atoms with Crippen molar-refractivity contribution in [2.75, 3.05) is 7.11 Å². The molecule has 0 radical (unpaired) electrons. The summed E-state index contributed by atoms with van der Waals surface area (Å²) in [6.07, 6.45) is 1.23. The zero-order chi connectivity index (χ0) is 16.1. The first-order chi connectivity index (χ1) is 10.5. The Morgan fingerprint density at radius 2 is 2.09 bits per heavy atom. The van der Waals surface area contributed by atoms with Crippen LogP contribution in [0.25, 0.3) is 0 Å². The van der Waals surface area contributed by atoms with Gasteiger partial charge < -0.3 is 9.57 Å². The van der Waals surface area contributed by atoms with E-state index in [9.17, 15) is 9.18 Å². The van der Waals surface area contributed by atoms with Crippen LogP contribution in [0.4, 0.5) is 4.39 Å². The largest absolute Gasteiger partial charge is 0.481 e. The van der Waals surface area contributed by atoms with Gasteiger partial charge in [0.1, 0.15) is 11.0 Å². The minimum Gasteiger partial charge on any atom is -0.481 e. The predicted molar refractivity (Wildman–Crippen MR) is 80.2 cm³/mol. The zero-order valence-corrected chi connectivity index (χ0v) is 12.7. The number of oxime groups is 1. The van der Waals surface area contributed by atoms with Crippen LogP contribution in [0.5, 0.6) is 5.88 Å². The number of rotatable bonds is 4. The molecule has 0 unspecified atom stereocenters. The molecule has 5 nitrogen and oxygen atoms in total. The number of methoxy groups -OCH3 is 1. The van der Waals surface area contributed by atoms with Gasteiger partial charge in [-0.05, 0) is 23.8 Å². The van der Waals surface area contributed by atoms with Crippen LogP contribution in [-0.2, 0) is 4.84 Å². The third-order valence-electron chi connectivity index (χ3n) is 2.50. The normalized spacial score (nSPS) is 10.7. The number of hydrogen-bond donors (Lipinski definition) is 0. The molecule has 2 rings (SSSR count). The summed E-state index contributed by atoms with van der Waals surface area (Å²) in [5.41, 5.74) is 0.607. The Bertz CT molecular complexity index is 738. The standard InChI is InChI=1S/C14H9Cl2FN2O3/c1-21-13-6-9(5-12(16)19-13)14(20)22-18-7-8-2-3-11(17)10(15)4-8/h2-7H,1H3/b18-7-. The summed E-state index contributed by atoms with van der Waals surface area (Å²) in [7, 11) is 1.39. The molecule has 0 spiro atoms. The van der Waals surface area contributed by atoms with E-state index in [1.165, 1.54) is 43.7 Å². The molecule has 0 amide bonds. The van der Waals surface area contributed by atoms with Crippen molar-refractivity contribution in [3.8, 4) is 5.88 Å². The van der Waals surface area contributed by atoms with Gasteiger partial charge in [0.25, 0.3) is 0 Å². The lowest BCUT2D eigenvalue weighted by atomic mass is 10.2. The number of aromatic nitrogens is 1. The van der Waals surface area contributed by atoms with Gasteiger partial charge in [0.15, 0.2) is 0 Å². The summed E-state index contributed by atoms with van der Waals surface area (Å²) in [5, 5.41) is 3.54. The second-order valence-corrected chi connectivity index (χ2v) is 4.80. The summed E-state index contributed by atoms with van der Waals surface area (Å²) < 4.78 is 17.9. The third-order valence-corrected chi connectivity index (χ3v) is 2.98. The number of carbonyl (C=O) groups excluding carboxylic acids is 1. The lowest BCUT2D eigenvalue weighted by Gasteiger charge is -2.02. The molecule has 0 bridgehead atoms. The maximum absolute atomic E-state index is 13.0. The van der Waals surface area contributed by atoms with Crippen LogP contribution >= 0.6 is 23.2 Å². The maximum atomic E-state index is 13.0. The molecule has 8 heteroatoms. The minimum atomic E-state index is -0.743. The Morgan fingerprint density at radius 1 is 1.32 bits per heavy atom. The van der Waals surface area contributed by atoms with Crippen LogP contribution in [0.15, 0.2) is 35.5 Å². The van der Waals surface area contributed by atoms with Crippen molar-refractivity contribution in [1.82, 2.24) is 4.98 Å². The Labute approximate surface area is 135 Å². The van der Waals surface area contributed by atoms with E-state index in [2.05, 4.69) is 10.1 Å². The van der Waals surface area contributed by atoms with Crippen LogP contribution < -0.4 is 4.74 Å². The van der Waals surface area contributed by atoms with Gasteiger partial charge in [0, 0.05) is 6.07 Å². The van der Waals surface area contributed by atoms with E-state index in [1.54, 1.807) is 0 Å². The monoisotopic (exact) mass is 342 g/mol. The lowest BCUT2D eigenvalue weighted by molar-refractivity contribution is 0.0518. The van der Waals surface area contributed by atoms with Gasteiger partial charge in [-0.2, -0.15) is 0 Å². The summed E-state index contributed by atoms with van der Waals surface area (Å²) in [6.45, 7) is 0. The summed E-state index contributed by atoms with van der Waals surface area (Å²) >= 11 is 11.4. The van der Waals surface area contributed by atoms with E-state index in [4.69, 9.17) is 32.8 Å². The van der Waals surface area contributed by atoms with Crippen molar-refractivity contribution in [3.05, 3.63) is 57.5 Å². The molecular formula is C14H9Cl2FN2O3. The molecule has 1 aromatic heterocycles. The van der Waals surface area contributed by atoms with E-state index in [0.717, 1.165) is 0 Å². The first kappa shape index (κ1) is 16.2. The summed E-state index contributed by atoms with van der Waals surface area (Å²) in [4.78, 5) is 20.3. The Morgan fingerprint density at radius 3 is 2.77 bits per heavy atom. The number of ether oxygens (including phenoxy) is 1. The lowest BCUT2D eigenvalue weighted by Crippen LogP contribution is -2.03. The molecule has 0 aliphatic rings. The van der Waals surface area contributed by atoms with Crippen LogP contribution in [0, 0.1) is 5.82 Å². The first-order valence-corrected chi connectivity index (χ1v) is 6.66. The molecule has 1 heterocycles. The number of nitrogens with zero attached hydrogens (tertiary/aromatic N) is 2. The van der Waals surface area contributed by atoms with E-state index in [-0.39, 0.29) is 21.6 Å². The highest BCUT2D eigenvalue weighted by atomic mass is 35.5. The molecule has 2 aromatic rings. The summed E-state index contributed by atoms with van der Waals surface area (Å²) in [5.74, 6) is -1.12. The molecule has 0 aliphatic heterocycles. The smallest absolute Gasteiger partial charge is 0.366 e. The van der Waals surface area contributed by atoms with Gasteiger partial charge in [0.2, 0.25) is 5.88 Å². The van der Waals surface area contributed by atoms with Gasteiger partial charge in [-0.1, -0.05) is 34.4 Å². The first-order valence-electron chi connectivity index (χ1n) is 5.91. The number of halogens is 3. The molecular weight excluding hydrogens is 334 g/mol. The van der Waals surface area contributed by atoms with Gasteiger partial charge in [0.05, 0.1) is 23.9 Å². The molecule has 1 aromatic carbocycles. The van der Waals surface area contributed by atoms with Crippen molar-refractivity contribution < 1.29 is 18.8 Å². The topological polar surface area (TPSA) is 60.8 Å². The molecule has 114 valence electrons. The fraction of sp³-hybridized carbons (Fsp3) is 0.0714. The number of carbonyl (C=O) groups is 1. The highest BCUT2D eigenvalue weighted by Crippen LogP contribution is 2.17. The second-order valence-electron chi connectivity index (χ2n) is 4.01. The Hall–Kier alpha value is -2.18. The summed E-state index contributed by atoms with van der Waals surface area (Å²) in [6, 6.07) is 6.64. The van der Waals surface area contributed by atoms with Gasteiger partial charge in [-0.3, -0.25) is 0 Å². The minimum absolute atomic E-state index is 0.0547. The van der Waals surface area contributed by atoms with Crippen LogP contribution in [-0.4, -0.2) is 24.3 Å². The molecule has 0 N–H and O–H groups in total. The van der Waals surface area contributed by atoms with Crippen molar-refractivity contribution in [3.63, 3.8) is 0 Å². The van der Waals surface area contributed by atoms with Gasteiger partial charge >= 0.3 is 5.97 Å². The second kappa shape index (κ2) is 7.20. The van der Waals surface area contributed by atoms with Crippen molar-refractivity contribution in [1.29, 1.82) is 0 Å². The fourth-order valence-corrected chi connectivity index (χ4v) is 1.87. The highest BCUT2D eigenvalue weighted by molar-refractivity contribution is 6.31. The SMILES string of the molecule is COc1cc(C(=O)O/N=C\c2ccc(F)c(Cl)c2)cc(Cl)n1. The third kappa shape index (κ3) is 4.16. The van der Waals surface area contributed by atoms with Crippen molar-refractivity contribution >= 4 is 35.4 Å². The molecule has 0 atom stereocenters. The van der Waals surface area contributed by atoms with E-state index in [1.807, 2.05) is 0 Å². The average molecular weight is 343 g/mol. The quantitative estimate of drug-likeness (QED) is 0.367. The van der Waals surface area contributed by atoms with Crippen molar-refractivity contribution in [2.45, 2.75) is 0 Å². The van der Waals surface area contributed by atoms with E-state index in [0.29, 0.717) is 5.56 Å². The molecule has 0 saturated heterocycles. The van der Waals surface area contributed by atoms with Crippen LogP contribution in [0.3, 0.4) is 0 Å². The maximum Gasteiger partial charge on any atom is 0.366 e. The number of pyridine rings is 1. The number of hydrogen-bond acceptors (Lipinski definition) is 5. The number of benzene rings is 1. The molecule has 0 saturated carbocycles. The zero-order valence-electron chi connectivity index (χ0n) is 11.2. The van der Waals surface area contributed by atoms with Gasteiger partial charge in [-0.25, -0.2) is 14.2 Å². The van der Waals surface area contributed by atoms with Gasteiger partial charge in [-0.15, -0.1) is 0 Å². The average Bonchev–Trinajstić information content (AvgIpc) is 2.50. The van der Waals surface area contributed by atoms with Crippen LogP contribution in [0.2, 0.25) is 10.2 Å². The predicted octanol–water partition coefficient (Wildman–Crippen LogP) is 3.73. The van der Waals surface area contributed by atoms with E-state index < -0.39 is 11.8 Å². The fourth-order valence-electron chi connectivity index (χ4n) is 1.48. The van der Waals surface area contributed by atoms with Crippen LogP contribution in [0.1, 0.15) is 15.9 Å². The van der Waals surface area contributed by atoms with E-state index >= 15 is 0 Å². The molecule has 22 heavy (non-hydrogen) atoms. The Kier molecular flexibility index (Phi) is 5.30. The molecule has 0 fully saturated rings. The highest BCUT2D eigenvalue weighted by Gasteiger charge is 2.11. The Balaban J connectivity index is 2.07.